The smallest absolute Gasteiger partial charge is 0.253 e. The summed E-state index contributed by atoms with van der Waals surface area (Å²) in [5.41, 5.74) is -0.266. The summed E-state index contributed by atoms with van der Waals surface area (Å²) in [7, 11) is 0. The lowest BCUT2D eigenvalue weighted by Crippen LogP contribution is -2.34. The number of hydrogen-bond acceptors (Lipinski definition) is 7. The first-order valence-electron chi connectivity index (χ1n) is 8.62. The van der Waals surface area contributed by atoms with E-state index in [1.54, 1.807) is 0 Å². The summed E-state index contributed by atoms with van der Waals surface area (Å²) in [5.74, 6) is 1.76. The largest absolute Gasteiger partial charge is 0.476 e. The van der Waals surface area contributed by atoms with Crippen LogP contribution in [0.2, 0.25) is 0 Å². The van der Waals surface area contributed by atoms with Gasteiger partial charge >= 0.3 is 0 Å². The number of carbonyl (C=O) groups excluding carboxylic acids is 1. The average molecular weight is 358 g/mol. The van der Waals surface area contributed by atoms with Crippen molar-refractivity contribution in [3.63, 3.8) is 0 Å². The molecule has 1 aliphatic rings. The van der Waals surface area contributed by atoms with Crippen LogP contribution in [0.15, 0.2) is 29.5 Å². The molecule has 1 N–H and O–H groups in total. The third-order valence-electron chi connectivity index (χ3n) is 4.01. The normalized spacial score (nSPS) is 13.7. The van der Waals surface area contributed by atoms with Gasteiger partial charge in [-0.3, -0.25) is 14.2 Å². The lowest BCUT2D eigenvalue weighted by Gasteiger charge is -2.17. The number of nitrogens with one attached hydrogen (secondary N) is 1. The molecule has 1 aliphatic heterocycles. The van der Waals surface area contributed by atoms with Crippen molar-refractivity contribution in [1.29, 1.82) is 0 Å². The van der Waals surface area contributed by atoms with Crippen LogP contribution in [-0.2, 0) is 11.3 Å². The van der Waals surface area contributed by atoms with Crippen molar-refractivity contribution in [3.8, 4) is 5.88 Å². The molecule has 0 bridgehead atoms. The second kappa shape index (κ2) is 8.41. The Balaban J connectivity index is 1.47. The van der Waals surface area contributed by atoms with Crippen LogP contribution < -0.4 is 20.5 Å². The fourth-order valence-corrected chi connectivity index (χ4v) is 2.76. The summed E-state index contributed by atoms with van der Waals surface area (Å²) in [4.78, 5) is 38.2. The molecule has 0 spiro atoms. The van der Waals surface area contributed by atoms with E-state index >= 15 is 0 Å². The van der Waals surface area contributed by atoms with Crippen LogP contribution >= 0.6 is 0 Å². The van der Waals surface area contributed by atoms with Gasteiger partial charge in [-0.05, 0) is 19.8 Å². The molecule has 1 fully saturated rings. The van der Waals surface area contributed by atoms with Gasteiger partial charge < -0.3 is 15.0 Å². The lowest BCUT2D eigenvalue weighted by atomic mass is 10.4. The van der Waals surface area contributed by atoms with Gasteiger partial charge in [-0.15, -0.1) is 0 Å². The second-order valence-corrected chi connectivity index (χ2v) is 6.05. The van der Waals surface area contributed by atoms with Crippen molar-refractivity contribution in [2.24, 2.45) is 0 Å². The summed E-state index contributed by atoms with van der Waals surface area (Å²) in [6.45, 7) is 4.36. The molecule has 138 valence electrons. The molecule has 3 rings (SSSR count). The summed E-state index contributed by atoms with van der Waals surface area (Å²) in [6.07, 6.45) is 5.07. The molecule has 3 heterocycles. The molecular formula is C17H22N6O3. The summed E-state index contributed by atoms with van der Waals surface area (Å²) >= 11 is 0. The van der Waals surface area contributed by atoms with E-state index in [1.165, 1.54) is 36.0 Å². The van der Waals surface area contributed by atoms with E-state index in [2.05, 4.69) is 25.2 Å². The number of aromatic nitrogens is 4. The maximum Gasteiger partial charge on any atom is 0.253 e. The minimum Gasteiger partial charge on any atom is -0.476 e. The Labute approximate surface area is 151 Å². The van der Waals surface area contributed by atoms with Crippen LogP contribution in [0.3, 0.4) is 0 Å². The molecule has 2 aromatic rings. The standard InChI is InChI=1S/C17H22N6O3/c1-13-20-14(22-7-2-3-8-22)10-16(21-13)26-9-6-19-15(24)11-23-12-18-5-4-17(23)25/h4-5,10,12H,2-3,6-9,11H2,1H3,(H,19,24). The number of anilines is 1. The van der Waals surface area contributed by atoms with Gasteiger partial charge in [0.15, 0.2) is 0 Å². The van der Waals surface area contributed by atoms with Crippen LogP contribution in [-0.4, -0.2) is 51.7 Å². The topological polar surface area (TPSA) is 102 Å². The van der Waals surface area contributed by atoms with E-state index in [4.69, 9.17) is 4.74 Å². The Morgan fingerprint density at radius 3 is 2.88 bits per heavy atom. The van der Waals surface area contributed by atoms with Crippen LogP contribution in [0.4, 0.5) is 5.82 Å². The van der Waals surface area contributed by atoms with Gasteiger partial charge in [0, 0.05) is 31.4 Å². The first-order chi connectivity index (χ1) is 12.6. The van der Waals surface area contributed by atoms with E-state index < -0.39 is 0 Å². The number of amides is 1. The maximum absolute atomic E-state index is 11.9. The third-order valence-corrected chi connectivity index (χ3v) is 4.01. The van der Waals surface area contributed by atoms with E-state index in [-0.39, 0.29) is 24.6 Å². The Morgan fingerprint density at radius 2 is 2.12 bits per heavy atom. The van der Waals surface area contributed by atoms with Crippen molar-refractivity contribution in [1.82, 2.24) is 24.8 Å². The minimum absolute atomic E-state index is 0.0710. The van der Waals surface area contributed by atoms with Gasteiger partial charge in [0.1, 0.15) is 24.8 Å². The van der Waals surface area contributed by atoms with Crippen LogP contribution in [0.5, 0.6) is 5.88 Å². The van der Waals surface area contributed by atoms with Crippen molar-refractivity contribution in [2.45, 2.75) is 26.3 Å². The zero-order chi connectivity index (χ0) is 18.4. The second-order valence-electron chi connectivity index (χ2n) is 6.05. The molecule has 0 aromatic carbocycles. The highest BCUT2D eigenvalue weighted by Crippen LogP contribution is 2.21. The zero-order valence-electron chi connectivity index (χ0n) is 14.7. The molecule has 26 heavy (non-hydrogen) atoms. The summed E-state index contributed by atoms with van der Waals surface area (Å²) in [6, 6.07) is 3.14. The maximum atomic E-state index is 11.9. The number of aryl methyl sites for hydroxylation is 1. The Hall–Kier alpha value is -2.97. The van der Waals surface area contributed by atoms with Gasteiger partial charge in [-0.2, -0.15) is 4.98 Å². The van der Waals surface area contributed by atoms with Crippen molar-refractivity contribution in [2.75, 3.05) is 31.1 Å². The van der Waals surface area contributed by atoms with Gasteiger partial charge in [0.05, 0.1) is 12.9 Å². The van der Waals surface area contributed by atoms with Gasteiger partial charge in [0.25, 0.3) is 5.56 Å². The van der Waals surface area contributed by atoms with Crippen molar-refractivity contribution in [3.05, 3.63) is 40.8 Å². The SMILES string of the molecule is Cc1nc(OCCNC(=O)Cn2cnccc2=O)cc(N2CCCC2)n1. The van der Waals surface area contributed by atoms with Crippen LogP contribution in [0, 0.1) is 6.92 Å². The van der Waals surface area contributed by atoms with Gasteiger partial charge in [-0.25, -0.2) is 9.97 Å². The van der Waals surface area contributed by atoms with Gasteiger partial charge in [-0.1, -0.05) is 0 Å². The van der Waals surface area contributed by atoms with E-state index in [0.717, 1.165) is 18.9 Å². The molecule has 0 aliphatic carbocycles. The molecular weight excluding hydrogens is 336 g/mol. The lowest BCUT2D eigenvalue weighted by molar-refractivity contribution is -0.121. The molecule has 1 amide bonds. The number of rotatable bonds is 7. The zero-order valence-corrected chi connectivity index (χ0v) is 14.7. The van der Waals surface area contributed by atoms with E-state index in [9.17, 15) is 9.59 Å². The molecule has 0 unspecified atom stereocenters. The number of nitrogens with zero attached hydrogens (tertiary/aromatic N) is 5. The highest BCUT2D eigenvalue weighted by molar-refractivity contribution is 5.75. The van der Waals surface area contributed by atoms with E-state index in [1.807, 2.05) is 13.0 Å². The molecule has 9 heteroatoms. The Bertz CT molecular complexity index is 816. The van der Waals surface area contributed by atoms with Crippen LogP contribution in [0.1, 0.15) is 18.7 Å². The Morgan fingerprint density at radius 1 is 1.31 bits per heavy atom. The molecule has 2 aromatic heterocycles. The number of carbonyl (C=O) groups is 1. The first kappa shape index (κ1) is 17.8. The molecule has 0 saturated carbocycles. The average Bonchev–Trinajstić information content (AvgIpc) is 3.15. The minimum atomic E-state index is -0.277. The van der Waals surface area contributed by atoms with Gasteiger partial charge in [0.2, 0.25) is 11.8 Å². The third kappa shape index (κ3) is 4.78. The fraction of sp³-hybridized carbons (Fsp3) is 0.471. The van der Waals surface area contributed by atoms with E-state index in [0.29, 0.717) is 18.2 Å². The van der Waals surface area contributed by atoms with Crippen molar-refractivity contribution >= 4 is 11.7 Å². The molecule has 0 atom stereocenters. The first-order valence-corrected chi connectivity index (χ1v) is 8.62. The Kier molecular flexibility index (Phi) is 5.77. The predicted molar refractivity (Wildman–Crippen MR) is 95.2 cm³/mol. The molecule has 0 radical (unpaired) electrons. The summed E-state index contributed by atoms with van der Waals surface area (Å²) < 4.78 is 6.88. The number of ether oxygens (including phenoxy) is 1. The molecule has 1 saturated heterocycles. The molecule has 9 nitrogen and oxygen atoms in total. The van der Waals surface area contributed by atoms with Crippen molar-refractivity contribution < 1.29 is 9.53 Å². The fourth-order valence-electron chi connectivity index (χ4n) is 2.76. The highest BCUT2D eigenvalue weighted by atomic mass is 16.5. The summed E-state index contributed by atoms with van der Waals surface area (Å²) in [5, 5.41) is 2.71. The van der Waals surface area contributed by atoms with Crippen LogP contribution in [0.25, 0.3) is 0 Å². The number of hydrogen-bond donors (Lipinski definition) is 1. The predicted octanol–water partition coefficient (Wildman–Crippen LogP) is 0.137. The monoisotopic (exact) mass is 358 g/mol. The highest BCUT2D eigenvalue weighted by Gasteiger charge is 2.15. The quantitative estimate of drug-likeness (QED) is 0.702.